The van der Waals surface area contributed by atoms with E-state index in [9.17, 15) is 4.79 Å². The number of piperidine rings is 1. The Balaban J connectivity index is 1.23. The topological polar surface area (TPSA) is 75.4 Å². The van der Waals surface area contributed by atoms with Gasteiger partial charge in [0.25, 0.3) is 0 Å². The smallest absolute Gasteiger partial charge is 0.249 e. The monoisotopic (exact) mass is 381 g/mol. The SMILES string of the molecule is O=C1N(CC2CCC2)CCC[C@]12CCN(Cc1nnc(-c3cccnc3)o1)C2. The van der Waals surface area contributed by atoms with Gasteiger partial charge >= 0.3 is 0 Å². The summed E-state index contributed by atoms with van der Waals surface area (Å²) >= 11 is 0. The lowest BCUT2D eigenvalue weighted by atomic mass is 9.77. The highest BCUT2D eigenvalue weighted by atomic mass is 16.4. The summed E-state index contributed by atoms with van der Waals surface area (Å²) in [6.45, 7) is 4.23. The fourth-order valence-electron chi connectivity index (χ4n) is 4.90. The molecule has 1 saturated carbocycles. The molecule has 0 bridgehead atoms. The van der Waals surface area contributed by atoms with Crippen molar-refractivity contribution in [1.82, 2.24) is 25.0 Å². The van der Waals surface area contributed by atoms with Crippen LogP contribution in [0.4, 0.5) is 0 Å². The van der Waals surface area contributed by atoms with E-state index in [-0.39, 0.29) is 5.41 Å². The van der Waals surface area contributed by atoms with Crippen LogP contribution in [-0.4, -0.2) is 57.1 Å². The zero-order valence-electron chi connectivity index (χ0n) is 16.2. The Kier molecular flexibility index (Phi) is 4.62. The maximum Gasteiger partial charge on any atom is 0.249 e. The van der Waals surface area contributed by atoms with E-state index >= 15 is 0 Å². The van der Waals surface area contributed by atoms with Crippen molar-refractivity contribution in [3.05, 3.63) is 30.4 Å². The van der Waals surface area contributed by atoms with Crippen molar-refractivity contribution in [3.8, 4) is 11.5 Å². The third kappa shape index (κ3) is 3.32. The highest BCUT2D eigenvalue weighted by molar-refractivity contribution is 5.84. The van der Waals surface area contributed by atoms with Crippen LogP contribution in [0.3, 0.4) is 0 Å². The number of aromatic nitrogens is 3. The number of nitrogens with zero attached hydrogens (tertiary/aromatic N) is 5. The van der Waals surface area contributed by atoms with E-state index in [0.717, 1.165) is 56.9 Å². The molecule has 2 aromatic heterocycles. The summed E-state index contributed by atoms with van der Waals surface area (Å²) in [6, 6.07) is 3.76. The van der Waals surface area contributed by atoms with E-state index in [2.05, 4.69) is 25.0 Å². The van der Waals surface area contributed by atoms with Gasteiger partial charge in [-0.3, -0.25) is 14.7 Å². The third-order valence-corrected chi connectivity index (χ3v) is 6.69. The molecule has 7 nitrogen and oxygen atoms in total. The van der Waals surface area contributed by atoms with E-state index < -0.39 is 0 Å². The van der Waals surface area contributed by atoms with Crippen LogP contribution in [-0.2, 0) is 11.3 Å². The van der Waals surface area contributed by atoms with Crippen LogP contribution in [0, 0.1) is 11.3 Å². The minimum absolute atomic E-state index is 0.200. The van der Waals surface area contributed by atoms with Gasteiger partial charge in [0, 0.05) is 32.0 Å². The Bertz CT molecular complexity index is 834. The molecule has 3 fully saturated rings. The van der Waals surface area contributed by atoms with Gasteiger partial charge in [0.2, 0.25) is 17.7 Å². The summed E-state index contributed by atoms with van der Waals surface area (Å²) in [5, 5.41) is 8.35. The number of carbonyl (C=O) groups excluding carboxylic acids is 1. The maximum atomic E-state index is 13.3. The lowest BCUT2D eigenvalue weighted by Gasteiger charge is -2.42. The van der Waals surface area contributed by atoms with Crippen LogP contribution in [0.1, 0.15) is 44.4 Å². The third-order valence-electron chi connectivity index (χ3n) is 6.69. The van der Waals surface area contributed by atoms with Crippen LogP contribution < -0.4 is 0 Å². The second-order valence-electron chi connectivity index (χ2n) is 8.64. The normalized spacial score (nSPS) is 26.1. The van der Waals surface area contributed by atoms with Crippen LogP contribution in [0.15, 0.2) is 28.9 Å². The molecule has 2 saturated heterocycles. The Morgan fingerprint density at radius 1 is 1.18 bits per heavy atom. The molecule has 1 atom stereocenters. The van der Waals surface area contributed by atoms with Gasteiger partial charge in [0.05, 0.1) is 17.5 Å². The zero-order chi connectivity index (χ0) is 19.0. The first kappa shape index (κ1) is 17.8. The van der Waals surface area contributed by atoms with E-state index in [1.807, 2.05) is 12.1 Å². The number of carbonyl (C=O) groups is 1. The van der Waals surface area contributed by atoms with Crippen molar-refractivity contribution in [2.45, 2.75) is 45.1 Å². The molecule has 0 unspecified atom stereocenters. The molecule has 3 aliphatic rings. The summed E-state index contributed by atoms with van der Waals surface area (Å²) in [5.41, 5.74) is 0.627. The number of hydrogen-bond acceptors (Lipinski definition) is 6. The fourth-order valence-corrected chi connectivity index (χ4v) is 4.90. The number of likely N-dealkylation sites (tertiary alicyclic amines) is 2. The predicted molar refractivity (Wildman–Crippen MR) is 103 cm³/mol. The number of hydrogen-bond donors (Lipinski definition) is 0. The largest absolute Gasteiger partial charge is 0.419 e. The Morgan fingerprint density at radius 3 is 2.89 bits per heavy atom. The minimum atomic E-state index is -0.200. The lowest BCUT2D eigenvalue weighted by Crippen LogP contribution is -2.51. The van der Waals surface area contributed by atoms with E-state index in [4.69, 9.17) is 4.42 Å². The maximum absolute atomic E-state index is 13.3. The minimum Gasteiger partial charge on any atom is -0.419 e. The van der Waals surface area contributed by atoms with E-state index in [1.165, 1.54) is 19.3 Å². The first-order valence-corrected chi connectivity index (χ1v) is 10.5. The van der Waals surface area contributed by atoms with Crippen molar-refractivity contribution in [3.63, 3.8) is 0 Å². The average molecular weight is 381 g/mol. The summed E-state index contributed by atoms with van der Waals surface area (Å²) in [7, 11) is 0. The molecule has 1 spiro atoms. The van der Waals surface area contributed by atoms with E-state index in [1.54, 1.807) is 12.4 Å². The number of pyridine rings is 1. The van der Waals surface area contributed by atoms with E-state index in [0.29, 0.717) is 24.2 Å². The van der Waals surface area contributed by atoms with Crippen LogP contribution in [0.25, 0.3) is 11.5 Å². The van der Waals surface area contributed by atoms with Gasteiger partial charge in [-0.05, 0) is 56.7 Å². The summed E-state index contributed by atoms with van der Waals surface area (Å²) in [6.07, 6.45) is 10.4. The molecular weight excluding hydrogens is 354 g/mol. The van der Waals surface area contributed by atoms with Gasteiger partial charge in [0.1, 0.15) is 0 Å². The van der Waals surface area contributed by atoms with Crippen molar-refractivity contribution in [2.75, 3.05) is 26.2 Å². The Hall–Kier alpha value is -2.28. The number of rotatable bonds is 5. The molecule has 2 aliphatic heterocycles. The lowest BCUT2D eigenvalue weighted by molar-refractivity contribution is -0.146. The average Bonchev–Trinajstić information content (AvgIpc) is 3.31. The highest BCUT2D eigenvalue weighted by Crippen LogP contribution is 2.41. The van der Waals surface area contributed by atoms with Crippen LogP contribution in [0.5, 0.6) is 0 Å². The first-order chi connectivity index (χ1) is 13.7. The standard InChI is InChI=1S/C21H27N5O2/c27-20-21(7-3-10-26(20)13-16-4-1-5-16)8-11-25(15-21)14-18-23-24-19(28-18)17-6-2-9-22-12-17/h2,6,9,12,16H,1,3-5,7-8,10-11,13-15H2/t21-/m1/s1. The first-order valence-electron chi connectivity index (χ1n) is 10.5. The van der Waals surface area contributed by atoms with Gasteiger partial charge in [-0.1, -0.05) is 6.42 Å². The van der Waals surface area contributed by atoms with Gasteiger partial charge in [-0.2, -0.15) is 0 Å². The van der Waals surface area contributed by atoms with Crippen molar-refractivity contribution >= 4 is 5.91 Å². The molecule has 148 valence electrons. The Labute approximate surface area is 165 Å². The molecule has 0 radical (unpaired) electrons. The highest BCUT2D eigenvalue weighted by Gasteiger charge is 2.48. The molecule has 5 rings (SSSR count). The number of amides is 1. The van der Waals surface area contributed by atoms with Crippen LogP contribution in [0.2, 0.25) is 0 Å². The van der Waals surface area contributed by atoms with Crippen molar-refractivity contribution in [1.29, 1.82) is 0 Å². The quantitative estimate of drug-likeness (QED) is 0.793. The van der Waals surface area contributed by atoms with Crippen molar-refractivity contribution in [2.24, 2.45) is 11.3 Å². The second kappa shape index (κ2) is 7.28. The molecule has 1 amide bonds. The molecule has 28 heavy (non-hydrogen) atoms. The summed E-state index contributed by atoms with van der Waals surface area (Å²) in [4.78, 5) is 21.8. The van der Waals surface area contributed by atoms with Crippen molar-refractivity contribution < 1.29 is 9.21 Å². The molecule has 1 aliphatic carbocycles. The second-order valence-corrected chi connectivity index (χ2v) is 8.64. The molecule has 0 aromatic carbocycles. The predicted octanol–water partition coefficient (Wildman–Crippen LogP) is 2.75. The van der Waals surface area contributed by atoms with Gasteiger partial charge in [0.15, 0.2) is 0 Å². The Morgan fingerprint density at radius 2 is 2.11 bits per heavy atom. The zero-order valence-corrected chi connectivity index (χ0v) is 16.2. The molecule has 2 aromatic rings. The molecule has 4 heterocycles. The molecule has 7 heteroatoms. The summed E-state index contributed by atoms with van der Waals surface area (Å²) < 4.78 is 5.83. The fraction of sp³-hybridized carbons (Fsp3) is 0.619. The van der Waals surface area contributed by atoms with Gasteiger partial charge < -0.3 is 9.32 Å². The summed E-state index contributed by atoms with van der Waals surface area (Å²) in [5.74, 6) is 2.22. The van der Waals surface area contributed by atoms with Crippen LogP contribution >= 0.6 is 0 Å². The van der Waals surface area contributed by atoms with Gasteiger partial charge in [-0.25, -0.2) is 0 Å². The molecule has 0 N–H and O–H groups in total. The molecular formula is C21H27N5O2. The van der Waals surface area contributed by atoms with Gasteiger partial charge in [-0.15, -0.1) is 10.2 Å².